The van der Waals surface area contributed by atoms with Gasteiger partial charge in [-0.05, 0) is 42.8 Å². The zero-order chi connectivity index (χ0) is 15.4. The minimum Gasteiger partial charge on any atom is -0.508 e. The van der Waals surface area contributed by atoms with Crippen LogP contribution in [0.15, 0.2) is 48.5 Å². The second-order valence-electron chi connectivity index (χ2n) is 4.81. The van der Waals surface area contributed by atoms with Gasteiger partial charge in [-0.2, -0.15) is 0 Å². The van der Waals surface area contributed by atoms with Crippen LogP contribution in [0.25, 0.3) is 0 Å². The number of amides is 1. The molecule has 0 fully saturated rings. The first-order chi connectivity index (χ1) is 9.97. The summed E-state index contributed by atoms with van der Waals surface area (Å²) in [5.74, 6) is -0.795. The van der Waals surface area contributed by atoms with E-state index >= 15 is 0 Å². The van der Waals surface area contributed by atoms with E-state index in [1.165, 1.54) is 36.4 Å². The fraction of sp³-hybridized carbons (Fsp3) is 0.188. The third kappa shape index (κ3) is 3.79. The summed E-state index contributed by atoms with van der Waals surface area (Å²) in [6.45, 7) is 1.65. The number of hydrogen-bond donors (Lipinski definition) is 3. The molecule has 2 rings (SSSR count). The molecule has 0 saturated carbocycles. The molecule has 3 N–H and O–H groups in total. The van der Waals surface area contributed by atoms with E-state index < -0.39 is 18.1 Å². The summed E-state index contributed by atoms with van der Waals surface area (Å²) in [7, 11) is 0. The van der Waals surface area contributed by atoms with Gasteiger partial charge in [-0.3, -0.25) is 4.79 Å². The van der Waals surface area contributed by atoms with Gasteiger partial charge in [0.1, 0.15) is 11.6 Å². The van der Waals surface area contributed by atoms with Crippen LogP contribution in [0.3, 0.4) is 0 Å². The Hall–Kier alpha value is -2.40. The number of nitrogens with one attached hydrogen (secondary N) is 1. The molecule has 2 unspecified atom stereocenters. The molecule has 1 amide bonds. The maximum Gasteiger partial charge on any atom is 0.251 e. The average Bonchev–Trinajstić information content (AvgIpc) is 2.47. The van der Waals surface area contributed by atoms with Crippen molar-refractivity contribution in [3.63, 3.8) is 0 Å². The van der Waals surface area contributed by atoms with Crippen LogP contribution in [0.5, 0.6) is 5.75 Å². The van der Waals surface area contributed by atoms with Crippen LogP contribution in [0.1, 0.15) is 28.9 Å². The molecule has 110 valence electrons. The Bertz CT molecular complexity index is 628. The van der Waals surface area contributed by atoms with Crippen LogP contribution < -0.4 is 5.32 Å². The summed E-state index contributed by atoms with van der Waals surface area (Å²) in [6.07, 6.45) is -0.952. The van der Waals surface area contributed by atoms with Crippen molar-refractivity contribution in [3.05, 3.63) is 65.5 Å². The summed E-state index contributed by atoms with van der Waals surface area (Å²) in [5.41, 5.74) is 0.813. The SMILES string of the molecule is CC(NC(=O)c1cccc(O)c1)C(O)c1ccc(F)cc1. The van der Waals surface area contributed by atoms with E-state index in [-0.39, 0.29) is 11.6 Å². The van der Waals surface area contributed by atoms with Crippen LogP contribution in [-0.2, 0) is 0 Å². The minimum absolute atomic E-state index is 0.00520. The molecular weight excluding hydrogens is 273 g/mol. The fourth-order valence-corrected chi connectivity index (χ4v) is 1.96. The maximum atomic E-state index is 12.8. The van der Waals surface area contributed by atoms with Gasteiger partial charge in [0.25, 0.3) is 5.91 Å². The molecule has 0 bridgehead atoms. The van der Waals surface area contributed by atoms with Gasteiger partial charge >= 0.3 is 0 Å². The number of halogens is 1. The molecule has 0 spiro atoms. The van der Waals surface area contributed by atoms with Gasteiger partial charge < -0.3 is 15.5 Å². The second kappa shape index (κ2) is 6.37. The fourth-order valence-electron chi connectivity index (χ4n) is 1.96. The van der Waals surface area contributed by atoms with Gasteiger partial charge in [0.05, 0.1) is 12.1 Å². The Kier molecular flexibility index (Phi) is 4.55. The molecule has 21 heavy (non-hydrogen) atoms. The highest BCUT2D eigenvalue weighted by atomic mass is 19.1. The van der Waals surface area contributed by atoms with Crippen molar-refractivity contribution in [2.45, 2.75) is 19.1 Å². The molecule has 0 heterocycles. The molecule has 2 atom stereocenters. The molecule has 2 aromatic rings. The Morgan fingerprint density at radius 3 is 2.48 bits per heavy atom. The number of phenolic OH excluding ortho intramolecular Hbond substituents is 1. The number of carbonyl (C=O) groups is 1. The lowest BCUT2D eigenvalue weighted by Crippen LogP contribution is -2.37. The number of carbonyl (C=O) groups excluding carboxylic acids is 1. The lowest BCUT2D eigenvalue weighted by Gasteiger charge is -2.20. The Morgan fingerprint density at radius 2 is 1.86 bits per heavy atom. The highest BCUT2D eigenvalue weighted by molar-refractivity contribution is 5.94. The predicted molar refractivity (Wildman–Crippen MR) is 76.4 cm³/mol. The molecule has 4 nitrogen and oxygen atoms in total. The topological polar surface area (TPSA) is 69.6 Å². The highest BCUT2D eigenvalue weighted by Gasteiger charge is 2.19. The first-order valence-electron chi connectivity index (χ1n) is 6.51. The molecule has 0 aliphatic rings. The smallest absolute Gasteiger partial charge is 0.251 e. The van der Waals surface area contributed by atoms with Crippen molar-refractivity contribution in [1.29, 1.82) is 0 Å². The standard InChI is InChI=1S/C16H16FNO3/c1-10(15(20)11-5-7-13(17)8-6-11)18-16(21)12-3-2-4-14(19)9-12/h2-10,15,19-20H,1H3,(H,18,21). The third-order valence-electron chi connectivity index (χ3n) is 3.15. The lowest BCUT2D eigenvalue weighted by molar-refractivity contribution is 0.0851. The summed E-state index contributed by atoms with van der Waals surface area (Å²) >= 11 is 0. The number of aliphatic hydroxyl groups is 1. The van der Waals surface area contributed by atoms with Gasteiger partial charge in [0.2, 0.25) is 0 Å². The van der Waals surface area contributed by atoms with Crippen molar-refractivity contribution in [3.8, 4) is 5.75 Å². The molecule has 0 radical (unpaired) electrons. The summed E-state index contributed by atoms with van der Waals surface area (Å²) in [4.78, 5) is 12.0. The quantitative estimate of drug-likeness (QED) is 0.809. The van der Waals surface area contributed by atoms with Crippen molar-refractivity contribution < 1.29 is 19.4 Å². The molecular formula is C16H16FNO3. The number of phenols is 1. The largest absolute Gasteiger partial charge is 0.508 e. The Balaban J connectivity index is 2.05. The second-order valence-corrected chi connectivity index (χ2v) is 4.81. The van der Waals surface area contributed by atoms with Crippen LogP contribution in [0, 0.1) is 5.82 Å². The molecule has 0 aliphatic carbocycles. The number of aliphatic hydroxyl groups excluding tert-OH is 1. The van der Waals surface area contributed by atoms with Crippen LogP contribution in [-0.4, -0.2) is 22.2 Å². The Labute approximate surface area is 121 Å². The van der Waals surface area contributed by atoms with E-state index in [0.29, 0.717) is 11.1 Å². The zero-order valence-corrected chi connectivity index (χ0v) is 11.5. The first-order valence-corrected chi connectivity index (χ1v) is 6.51. The van der Waals surface area contributed by atoms with E-state index in [4.69, 9.17) is 0 Å². The van der Waals surface area contributed by atoms with Gasteiger partial charge in [-0.25, -0.2) is 4.39 Å². The van der Waals surface area contributed by atoms with E-state index in [1.807, 2.05) is 0 Å². The summed E-state index contributed by atoms with van der Waals surface area (Å²) in [5, 5.41) is 22.1. The van der Waals surface area contributed by atoms with E-state index in [0.717, 1.165) is 0 Å². The monoisotopic (exact) mass is 289 g/mol. The summed E-state index contributed by atoms with van der Waals surface area (Å²) in [6, 6.07) is 10.8. The van der Waals surface area contributed by atoms with Crippen molar-refractivity contribution in [2.75, 3.05) is 0 Å². The maximum absolute atomic E-state index is 12.8. The number of benzene rings is 2. The predicted octanol–water partition coefficient (Wildman–Crippen LogP) is 2.38. The zero-order valence-electron chi connectivity index (χ0n) is 11.5. The molecule has 0 aromatic heterocycles. The number of aromatic hydroxyl groups is 1. The molecule has 0 saturated heterocycles. The molecule has 0 aliphatic heterocycles. The average molecular weight is 289 g/mol. The first kappa shape index (κ1) is 15.0. The molecule has 2 aromatic carbocycles. The van der Waals surface area contributed by atoms with Crippen LogP contribution in [0.2, 0.25) is 0 Å². The van der Waals surface area contributed by atoms with E-state index in [2.05, 4.69) is 5.32 Å². The van der Waals surface area contributed by atoms with Gasteiger partial charge in [-0.15, -0.1) is 0 Å². The van der Waals surface area contributed by atoms with Gasteiger partial charge in [0, 0.05) is 5.56 Å². The van der Waals surface area contributed by atoms with Crippen LogP contribution in [0.4, 0.5) is 4.39 Å². The normalized spacial score (nSPS) is 13.5. The third-order valence-corrected chi connectivity index (χ3v) is 3.15. The van der Waals surface area contributed by atoms with Gasteiger partial charge in [-0.1, -0.05) is 18.2 Å². The minimum atomic E-state index is -0.952. The van der Waals surface area contributed by atoms with E-state index in [9.17, 15) is 19.4 Å². The van der Waals surface area contributed by atoms with Crippen molar-refractivity contribution in [2.24, 2.45) is 0 Å². The van der Waals surface area contributed by atoms with Crippen LogP contribution >= 0.6 is 0 Å². The lowest BCUT2D eigenvalue weighted by atomic mass is 10.0. The van der Waals surface area contributed by atoms with E-state index in [1.54, 1.807) is 19.1 Å². The molecule has 5 heteroatoms. The summed E-state index contributed by atoms with van der Waals surface area (Å²) < 4.78 is 12.8. The number of rotatable bonds is 4. The number of hydrogen-bond acceptors (Lipinski definition) is 3. The van der Waals surface area contributed by atoms with Crippen molar-refractivity contribution >= 4 is 5.91 Å². The Morgan fingerprint density at radius 1 is 1.19 bits per heavy atom. The van der Waals surface area contributed by atoms with Crippen molar-refractivity contribution in [1.82, 2.24) is 5.32 Å². The highest BCUT2D eigenvalue weighted by Crippen LogP contribution is 2.18. The van der Waals surface area contributed by atoms with Gasteiger partial charge in [0.15, 0.2) is 0 Å².